The molecule has 0 spiro atoms. The van der Waals surface area contributed by atoms with Crippen molar-refractivity contribution in [2.45, 2.75) is 31.6 Å². The van der Waals surface area contributed by atoms with Gasteiger partial charge in [-0.05, 0) is 26.5 Å². The molecule has 9 heteroatoms. The van der Waals surface area contributed by atoms with E-state index >= 15 is 0 Å². The Balaban J connectivity index is 1.69. The summed E-state index contributed by atoms with van der Waals surface area (Å²) in [5.41, 5.74) is -0.0741. The number of likely N-dealkylation sites (N-methyl/N-ethyl adjacent to an activating group) is 1. The molecule has 0 unspecified atom stereocenters. The zero-order chi connectivity index (χ0) is 17.8. The van der Waals surface area contributed by atoms with Crippen LogP contribution in [-0.2, 0) is 6.18 Å². The fourth-order valence-corrected chi connectivity index (χ4v) is 3.17. The van der Waals surface area contributed by atoms with Gasteiger partial charge in [0.2, 0.25) is 5.95 Å². The molecule has 0 bridgehead atoms. The summed E-state index contributed by atoms with van der Waals surface area (Å²) in [5.74, 6) is 0.139. The molecule has 0 aromatic carbocycles. The van der Waals surface area contributed by atoms with Crippen LogP contribution < -0.4 is 4.90 Å². The lowest BCUT2D eigenvalue weighted by atomic mass is 10.1. The van der Waals surface area contributed by atoms with Crippen molar-refractivity contribution in [1.29, 1.82) is 0 Å². The Bertz CT molecular complexity index is 780. The van der Waals surface area contributed by atoms with Gasteiger partial charge in [0.15, 0.2) is 5.69 Å². The molecule has 2 fully saturated rings. The highest BCUT2D eigenvalue weighted by molar-refractivity contribution is 5.60. The minimum Gasteiger partial charge on any atom is -0.338 e. The molecular formula is C16H19F3N6. The second-order valence-corrected chi connectivity index (χ2v) is 6.85. The third-order valence-electron chi connectivity index (χ3n) is 4.90. The van der Waals surface area contributed by atoms with Crippen LogP contribution in [0.15, 0.2) is 18.5 Å². The molecule has 0 N–H and O–H groups in total. The van der Waals surface area contributed by atoms with Crippen molar-refractivity contribution >= 4 is 5.95 Å². The lowest BCUT2D eigenvalue weighted by molar-refractivity contribution is -0.141. The average molecular weight is 352 g/mol. The van der Waals surface area contributed by atoms with E-state index in [2.05, 4.69) is 20.0 Å². The van der Waals surface area contributed by atoms with Crippen molar-refractivity contribution in [3.63, 3.8) is 0 Å². The summed E-state index contributed by atoms with van der Waals surface area (Å²) in [4.78, 5) is 12.1. The van der Waals surface area contributed by atoms with E-state index < -0.39 is 11.9 Å². The quantitative estimate of drug-likeness (QED) is 0.849. The van der Waals surface area contributed by atoms with Crippen molar-refractivity contribution in [2.75, 3.05) is 31.6 Å². The Kier molecular flexibility index (Phi) is 3.71. The van der Waals surface area contributed by atoms with E-state index in [0.29, 0.717) is 12.1 Å². The van der Waals surface area contributed by atoms with E-state index in [0.717, 1.165) is 25.6 Å². The molecule has 0 aliphatic carbocycles. The fourth-order valence-electron chi connectivity index (χ4n) is 3.17. The standard InChI is InChI=1S/C16H19F3N6/c1-10-3-4-24(10)15-21-13(5-14(22-15)16(17,18)19)11-6-20-25(7-11)12-8-23(2)9-12/h5-7,10,12H,3-4,8-9H2,1-2H3/t10-/m0/s1. The Hall–Kier alpha value is -2.16. The Morgan fingerprint density at radius 1 is 1.20 bits per heavy atom. The minimum atomic E-state index is -4.51. The summed E-state index contributed by atoms with van der Waals surface area (Å²) in [6.07, 6.45) is -0.233. The second-order valence-electron chi connectivity index (χ2n) is 6.85. The topological polar surface area (TPSA) is 50.1 Å². The number of halogens is 3. The van der Waals surface area contributed by atoms with Gasteiger partial charge in [-0.3, -0.25) is 4.68 Å². The van der Waals surface area contributed by atoms with E-state index in [1.54, 1.807) is 22.0 Å². The van der Waals surface area contributed by atoms with E-state index in [4.69, 9.17) is 0 Å². The summed E-state index contributed by atoms with van der Waals surface area (Å²) < 4.78 is 41.6. The maximum Gasteiger partial charge on any atom is 0.433 e. The smallest absolute Gasteiger partial charge is 0.338 e. The van der Waals surface area contributed by atoms with Crippen LogP contribution in [0.2, 0.25) is 0 Å². The molecular weight excluding hydrogens is 333 g/mol. The monoisotopic (exact) mass is 352 g/mol. The molecule has 2 aliphatic heterocycles. The SMILES string of the molecule is C[C@H]1CCN1c1nc(-c2cnn(C3CN(C)C3)c2)cc(C(F)(F)F)n1. The molecule has 2 saturated heterocycles. The summed E-state index contributed by atoms with van der Waals surface area (Å²) in [6, 6.07) is 1.42. The fraction of sp³-hybridized carbons (Fsp3) is 0.562. The number of rotatable bonds is 3. The lowest BCUT2D eigenvalue weighted by Crippen LogP contribution is -2.47. The minimum absolute atomic E-state index is 0.139. The first kappa shape index (κ1) is 16.3. The number of nitrogens with zero attached hydrogens (tertiary/aromatic N) is 6. The summed E-state index contributed by atoms with van der Waals surface area (Å²) in [7, 11) is 2.02. The Labute approximate surface area is 143 Å². The molecule has 134 valence electrons. The predicted molar refractivity (Wildman–Crippen MR) is 86.2 cm³/mol. The van der Waals surface area contributed by atoms with Crippen molar-refractivity contribution in [3.8, 4) is 11.3 Å². The van der Waals surface area contributed by atoms with Gasteiger partial charge in [-0.15, -0.1) is 0 Å². The van der Waals surface area contributed by atoms with E-state index in [1.165, 1.54) is 0 Å². The molecule has 2 aromatic rings. The van der Waals surface area contributed by atoms with Crippen LogP contribution in [0.5, 0.6) is 0 Å². The van der Waals surface area contributed by atoms with E-state index in [1.807, 2.05) is 14.0 Å². The van der Waals surface area contributed by atoms with Gasteiger partial charge in [-0.2, -0.15) is 18.3 Å². The highest BCUT2D eigenvalue weighted by Gasteiger charge is 2.36. The summed E-state index contributed by atoms with van der Waals surface area (Å²) in [6.45, 7) is 4.40. The van der Waals surface area contributed by atoms with Crippen molar-refractivity contribution in [3.05, 3.63) is 24.2 Å². The van der Waals surface area contributed by atoms with Crippen LogP contribution in [0.3, 0.4) is 0 Å². The van der Waals surface area contributed by atoms with Crippen molar-refractivity contribution < 1.29 is 13.2 Å². The third kappa shape index (κ3) is 2.97. The van der Waals surface area contributed by atoms with Gasteiger partial charge in [-0.1, -0.05) is 0 Å². The first-order valence-corrected chi connectivity index (χ1v) is 8.27. The summed E-state index contributed by atoms with van der Waals surface area (Å²) in [5, 5.41) is 4.30. The van der Waals surface area contributed by atoms with Gasteiger partial charge in [0.25, 0.3) is 0 Å². The zero-order valence-corrected chi connectivity index (χ0v) is 14.0. The number of aromatic nitrogens is 4. The molecule has 2 aliphatic rings. The highest BCUT2D eigenvalue weighted by Crippen LogP contribution is 2.33. The first-order chi connectivity index (χ1) is 11.8. The van der Waals surface area contributed by atoms with Crippen molar-refractivity contribution in [1.82, 2.24) is 24.6 Å². The van der Waals surface area contributed by atoms with E-state index in [9.17, 15) is 13.2 Å². The number of anilines is 1. The Morgan fingerprint density at radius 3 is 2.52 bits per heavy atom. The van der Waals surface area contributed by atoms with Crippen LogP contribution in [0.4, 0.5) is 19.1 Å². The zero-order valence-electron chi connectivity index (χ0n) is 14.0. The largest absolute Gasteiger partial charge is 0.433 e. The van der Waals surface area contributed by atoms with Gasteiger partial charge in [-0.25, -0.2) is 9.97 Å². The van der Waals surface area contributed by atoms with Crippen molar-refractivity contribution in [2.24, 2.45) is 0 Å². The maximum atomic E-state index is 13.3. The number of hydrogen-bond acceptors (Lipinski definition) is 5. The Morgan fingerprint density at radius 2 is 1.96 bits per heavy atom. The van der Waals surface area contributed by atoms with Gasteiger partial charge >= 0.3 is 6.18 Å². The number of alkyl halides is 3. The van der Waals surface area contributed by atoms with Crippen LogP contribution in [-0.4, -0.2) is 57.4 Å². The van der Waals surface area contributed by atoms with E-state index in [-0.39, 0.29) is 23.7 Å². The molecule has 25 heavy (non-hydrogen) atoms. The predicted octanol–water partition coefficient (Wildman–Crippen LogP) is 2.44. The van der Waals surface area contributed by atoms with Crippen LogP contribution >= 0.6 is 0 Å². The first-order valence-electron chi connectivity index (χ1n) is 8.27. The summed E-state index contributed by atoms with van der Waals surface area (Å²) >= 11 is 0. The highest BCUT2D eigenvalue weighted by atomic mass is 19.4. The third-order valence-corrected chi connectivity index (χ3v) is 4.90. The van der Waals surface area contributed by atoms with Crippen LogP contribution in [0, 0.1) is 0 Å². The van der Waals surface area contributed by atoms with Gasteiger partial charge in [0.05, 0.1) is 17.9 Å². The van der Waals surface area contributed by atoms with Crippen LogP contribution in [0.1, 0.15) is 25.1 Å². The lowest BCUT2D eigenvalue weighted by Gasteiger charge is -2.38. The molecule has 6 nitrogen and oxygen atoms in total. The number of likely N-dealkylation sites (tertiary alicyclic amines) is 1. The second kappa shape index (κ2) is 5.69. The van der Waals surface area contributed by atoms with Gasteiger partial charge in [0, 0.05) is 37.4 Å². The molecule has 0 saturated carbocycles. The van der Waals surface area contributed by atoms with Gasteiger partial charge < -0.3 is 9.80 Å². The average Bonchev–Trinajstić information content (AvgIpc) is 2.98. The van der Waals surface area contributed by atoms with Crippen LogP contribution in [0.25, 0.3) is 11.3 Å². The maximum absolute atomic E-state index is 13.3. The van der Waals surface area contributed by atoms with Gasteiger partial charge in [0.1, 0.15) is 0 Å². The normalized spacial score (nSPS) is 22.0. The molecule has 0 amide bonds. The molecule has 2 aromatic heterocycles. The molecule has 0 radical (unpaired) electrons. The molecule has 1 atom stereocenters. The molecule has 4 heterocycles. The molecule has 4 rings (SSSR count). The number of hydrogen-bond donors (Lipinski definition) is 0.